The maximum Gasteiger partial charge on any atom is 0.0897 e. The SMILES string of the molecule is CCOC[C@H](O)CN[C@]1(CO)C[C@@H](C)CC(C)(C)C1. The van der Waals surface area contributed by atoms with Gasteiger partial charge in [-0.1, -0.05) is 20.8 Å². The molecule has 1 aliphatic rings. The van der Waals surface area contributed by atoms with Crippen LogP contribution in [0.15, 0.2) is 0 Å². The molecule has 4 nitrogen and oxygen atoms in total. The largest absolute Gasteiger partial charge is 0.394 e. The lowest BCUT2D eigenvalue weighted by Gasteiger charge is -2.47. The molecule has 0 unspecified atom stereocenters. The quantitative estimate of drug-likeness (QED) is 0.658. The number of β-amino-alcohol motifs (C(OH)–C–C–N with tert-alkyl or cyclic N) is 1. The van der Waals surface area contributed by atoms with Gasteiger partial charge in [0.2, 0.25) is 0 Å². The van der Waals surface area contributed by atoms with E-state index in [1.807, 2.05) is 6.92 Å². The van der Waals surface area contributed by atoms with Crippen molar-refractivity contribution in [2.75, 3.05) is 26.4 Å². The van der Waals surface area contributed by atoms with Crippen molar-refractivity contribution in [1.82, 2.24) is 5.32 Å². The molecule has 3 atom stereocenters. The molecular weight excluding hydrogens is 242 g/mol. The van der Waals surface area contributed by atoms with Gasteiger partial charge in [-0.2, -0.15) is 0 Å². The number of nitrogens with one attached hydrogen (secondary N) is 1. The molecule has 0 amide bonds. The van der Waals surface area contributed by atoms with Crippen molar-refractivity contribution in [3.05, 3.63) is 0 Å². The minimum Gasteiger partial charge on any atom is -0.394 e. The smallest absolute Gasteiger partial charge is 0.0897 e. The summed E-state index contributed by atoms with van der Waals surface area (Å²) < 4.78 is 5.21. The van der Waals surface area contributed by atoms with Crippen LogP contribution in [0.3, 0.4) is 0 Å². The first-order valence-corrected chi connectivity index (χ1v) is 7.44. The summed E-state index contributed by atoms with van der Waals surface area (Å²) in [6.07, 6.45) is 2.60. The van der Waals surface area contributed by atoms with E-state index < -0.39 is 6.10 Å². The molecule has 0 heterocycles. The highest BCUT2D eigenvalue weighted by molar-refractivity contribution is 4.98. The minimum atomic E-state index is -0.510. The molecule has 4 heteroatoms. The van der Waals surface area contributed by atoms with Crippen LogP contribution < -0.4 is 5.32 Å². The Balaban J connectivity index is 2.55. The van der Waals surface area contributed by atoms with Gasteiger partial charge >= 0.3 is 0 Å². The highest BCUT2D eigenvalue weighted by Crippen LogP contribution is 2.43. The van der Waals surface area contributed by atoms with Crippen LogP contribution in [-0.4, -0.2) is 48.2 Å². The summed E-state index contributed by atoms with van der Waals surface area (Å²) in [6, 6.07) is 0. The lowest BCUT2D eigenvalue weighted by molar-refractivity contribution is 0.00786. The van der Waals surface area contributed by atoms with Gasteiger partial charge < -0.3 is 20.3 Å². The Morgan fingerprint density at radius 1 is 1.37 bits per heavy atom. The summed E-state index contributed by atoms with van der Waals surface area (Å²) in [6.45, 7) is 10.2. The fourth-order valence-corrected chi connectivity index (χ4v) is 3.70. The summed E-state index contributed by atoms with van der Waals surface area (Å²) in [7, 11) is 0. The van der Waals surface area contributed by atoms with E-state index >= 15 is 0 Å². The average molecular weight is 273 g/mol. The van der Waals surface area contributed by atoms with Crippen molar-refractivity contribution < 1.29 is 14.9 Å². The van der Waals surface area contributed by atoms with Crippen molar-refractivity contribution in [2.24, 2.45) is 11.3 Å². The lowest BCUT2D eigenvalue weighted by Crippen LogP contribution is -2.57. The van der Waals surface area contributed by atoms with Crippen molar-refractivity contribution in [3.8, 4) is 0 Å². The van der Waals surface area contributed by atoms with Crippen LogP contribution >= 0.6 is 0 Å². The molecule has 1 saturated carbocycles. The van der Waals surface area contributed by atoms with Gasteiger partial charge in [0, 0.05) is 18.7 Å². The molecular formula is C15H31NO3. The molecule has 0 spiro atoms. The summed E-state index contributed by atoms with van der Waals surface area (Å²) in [4.78, 5) is 0. The summed E-state index contributed by atoms with van der Waals surface area (Å²) >= 11 is 0. The van der Waals surface area contributed by atoms with Gasteiger partial charge in [0.05, 0.1) is 19.3 Å². The zero-order valence-corrected chi connectivity index (χ0v) is 12.9. The summed E-state index contributed by atoms with van der Waals surface area (Å²) in [5, 5.41) is 23.1. The van der Waals surface area contributed by atoms with Crippen molar-refractivity contribution in [1.29, 1.82) is 0 Å². The Bertz CT molecular complexity index is 270. The average Bonchev–Trinajstić information content (AvgIpc) is 2.31. The van der Waals surface area contributed by atoms with Gasteiger partial charge in [0.1, 0.15) is 0 Å². The van der Waals surface area contributed by atoms with Crippen LogP contribution in [0.2, 0.25) is 0 Å². The first kappa shape index (κ1) is 16.9. The topological polar surface area (TPSA) is 61.7 Å². The Hall–Kier alpha value is -0.160. The van der Waals surface area contributed by atoms with Crippen LogP contribution in [0, 0.1) is 11.3 Å². The summed E-state index contributed by atoms with van der Waals surface area (Å²) in [5.74, 6) is 0.590. The standard InChI is InChI=1S/C15H31NO3/c1-5-19-9-13(18)8-16-15(11-17)7-12(2)6-14(3,4)10-15/h12-13,16-18H,5-11H2,1-4H3/t12-,13+,15+/m0/s1. The number of hydrogen-bond donors (Lipinski definition) is 3. The molecule has 0 saturated heterocycles. The van der Waals surface area contributed by atoms with Gasteiger partial charge in [-0.15, -0.1) is 0 Å². The molecule has 0 aromatic carbocycles. The van der Waals surface area contributed by atoms with Crippen LogP contribution in [-0.2, 0) is 4.74 Å². The highest BCUT2D eigenvalue weighted by Gasteiger charge is 2.42. The third-order valence-electron chi connectivity index (χ3n) is 3.99. The van der Waals surface area contributed by atoms with E-state index in [0.717, 1.165) is 12.8 Å². The maximum atomic E-state index is 9.85. The predicted octanol–water partition coefficient (Wildman–Crippen LogP) is 1.55. The number of aliphatic hydroxyl groups is 2. The first-order chi connectivity index (χ1) is 8.82. The summed E-state index contributed by atoms with van der Waals surface area (Å²) in [5.41, 5.74) is -0.0212. The van der Waals surface area contributed by atoms with Crippen LogP contribution in [0.1, 0.15) is 47.0 Å². The second kappa shape index (κ2) is 7.02. The monoisotopic (exact) mass is 273 g/mol. The molecule has 0 radical (unpaired) electrons. The van der Waals surface area contributed by atoms with Crippen LogP contribution in [0.4, 0.5) is 0 Å². The molecule has 1 rings (SSSR count). The van der Waals surface area contributed by atoms with Gasteiger partial charge in [-0.05, 0) is 37.5 Å². The normalized spacial score (nSPS) is 32.2. The number of hydrogen-bond acceptors (Lipinski definition) is 4. The van der Waals surface area contributed by atoms with E-state index in [-0.39, 0.29) is 17.6 Å². The van der Waals surface area contributed by atoms with Crippen molar-refractivity contribution in [3.63, 3.8) is 0 Å². The van der Waals surface area contributed by atoms with Gasteiger partial charge in [-0.3, -0.25) is 0 Å². The van der Waals surface area contributed by atoms with Gasteiger partial charge in [-0.25, -0.2) is 0 Å². The van der Waals surface area contributed by atoms with Crippen LogP contribution in [0.25, 0.3) is 0 Å². The molecule has 0 aromatic rings. The maximum absolute atomic E-state index is 9.85. The molecule has 0 bridgehead atoms. The zero-order valence-electron chi connectivity index (χ0n) is 12.9. The van der Waals surface area contributed by atoms with Crippen LogP contribution in [0.5, 0.6) is 0 Å². The molecule has 114 valence electrons. The highest BCUT2D eigenvalue weighted by atomic mass is 16.5. The third kappa shape index (κ3) is 5.38. The van der Waals surface area contributed by atoms with E-state index in [0.29, 0.717) is 25.7 Å². The minimum absolute atomic E-state index is 0.127. The third-order valence-corrected chi connectivity index (χ3v) is 3.99. The van der Waals surface area contributed by atoms with Gasteiger partial charge in [0.15, 0.2) is 0 Å². The van der Waals surface area contributed by atoms with E-state index in [4.69, 9.17) is 4.74 Å². The molecule has 19 heavy (non-hydrogen) atoms. The molecule has 1 aliphatic carbocycles. The second-order valence-corrected chi connectivity index (χ2v) is 6.99. The predicted molar refractivity (Wildman–Crippen MR) is 77.1 cm³/mol. The van der Waals surface area contributed by atoms with E-state index in [1.54, 1.807) is 0 Å². The molecule has 1 fully saturated rings. The Morgan fingerprint density at radius 2 is 2.05 bits per heavy atom. The van der Waals surface area contributed by atoms with E-state index in [2.05, 4.69) is 26.1 Å². The molecule has 0 aromatic heterocycles. The fraction of sp³-hybridized carbons (Fsp3) is 1.00. The Labute approximate surface area is 117 Å². The Morgan fingerprint density at radius 3 is 2.58 bits per heavy atom. The fourth-order valence-electron chi connectivity index (χ4n) is 3.70. The van der Waals surface area contributed by atoms with E-state index in [9.17, 15) is 10.2 Å². The lowest BCUT2D eigenvalue weighted by atomic mass is 9.64. The van der Waals surface area contributed by atoms with E-state index in [1.165, 1.54) is 6.42 Å². The van der Waals surface area contributed by atoms with Crippen molar-refractivity contribution >= 4 is 0 Å². The molecule has 3 N–H and O–H groups in total. The van der Waals surface area contributed by atoms with Crippen molar-refractivity contribution in [2.45, 2.75) is 58.6 Å². The second-order valence-electron chi connectivity index (χ2n) is 6.99. The zero-order chi connectivity index (χ0) is 14.5. The first-order valence-electron chi connectivity index (χ1n) is 7.44. The Kier molecular flexibility index (Phi) is 6.24. The number of aliphatic hydroxyl groups excluding tert-OH is 2. The number of ether oxygens (including phenoxy) is 1. The van der Waals surface area contributed by atoms with Gasteiger partial charge in [0.25, 0.3) is 0 Å². The molecule has 0 aliphatic heterocycles. The number of rotatable bonds is 7.